The Kier molecular flexibility index (Phi) is 4.67. The molecule has 1 saturated carbocycles. The molecular formula is C20H29N3O2. The second-order valence-electron chi connectivity index (χ2n) is 8.16. The number of nitrogens with two attached hydrogens (primary N) is 1. The van der Waals surface area contributed by atoms with Gasteiger partial charge in [0.05, 0.1) is 0 Å². The first-order chi connectivity index (χ1) is 11.7. The minimum absolute atomic E-state index is 0.208. The maximum absolute atomic E-state index is 12.4. The molecule has 5 nitrogen and oxygen atoms in total. The minimum atomic E-state index is -0.465. The van der Waals surface area contributed by atoms with Gasteiger partial charge in [-0.3, -0.25) is 0 Å². The van der Waals surface area contributed by atoms with Crippen molar-refractivity contribution >= 4 is 22.7 Å². The molecule has 0 spiro atoms. The number of anilines is 1. The monoisotopic (exact) mass is 343 g/mol. The first kappa shape index (κ1) is 17.6. The number of nitrogens with one attached hydrogen (secondary N) is 1. The molecule has 1 aromatic carbocycles. The van der Waals surface area contributed by atoms with Gasteiger partial charge in [-0.15, -0.1) is 0 Å². The van der Waals surface area contributed by atoms with E-state index in [1.165, 1.54) is 10.9 Å². The summed E-state index contributed by atoms with van der Waals surface area (Å²) in [6.07, 6.45) is 6.10. The minimum Gasteiger partial charge on any atom is -0.444 e. The second kappa shape index (κ2) is 6.62. The summed E-state index contributed by atoms with van der Waals surface area (Å²) in [5, 5.41) is 1.20. The SMILES string of the molecule is CN(C(=O)OC(C)(C)C)[C@@H]1CCC[C@H](c2c[nH]c3ccc(N)cc23)C1. The third-order valence-corrected chi connectivity index (χ3v) is 5.05. The number of amides is 1. The summed E-state index contributed by atoms with van der Waals surface area (Å²) in [4.78, 5) is 17.5. The number of carbonyl (C=O) groups is 1. The Morgan fingerprint density at radius 1 is 1.32 bits per heavy atom. The number of nitrogen functional groups attached to an aromatic ring is 1. The zero-order chi connectivity index (χ0) is 18.2. The predicted octanol–water partition coefficient (Wildman–Crippen LogP) is 4.64. The molecule has 3 N–H and O–H groups in total. The number of hydrogen-bond donors (Lipinski definition) is 2. The summed E-state index contributed by atoms with van der Waals surface area (Å²) in [7, 11) is 1.86. The number of aromatic amines is 1. The van der Waals surface area contributed by atoms with Crippen LogP contribution in [0.25, 0.3) is 10.9 Å². The number of H-pyrrole nitrogens is 1. The number of hydrogen-bond acceptors (Lipinski definition) is 3. The van der Waals surface area contributed by atoms with E-state index in [9.17, 15) is 4.79 Å². The van der Waals surface area contributed by atoms with Crippen LogP contribution in [0.1, 0.15) is 57.9 Å². The largest absolute Gasteiger partial charge is 0.444 e. The highest BCUT2D eigenvalue weighted by Gasteiger charge is 2.31. The van der Waals surface area contributed by atoms with Crippen LogP contribution in [-0.4, -0.2) is 34.7 Å². The third kappa shape index (κ3) is 3.91. The van der Waals surface area contributed by atoms with Crippen molar-refractivity contribution in [3.8, 4) is 0 Å². The quantitative estimate of drug-likeness (QED) is 0.780. The summed E-state index contributed by atoms with van der Waals surface area (Å²) in [6, 6.07) is 6.20. The predicted molar refractivity (Wildman–Crippen MR) is 102 cm³/mol. The molecule has 1 aromatic heterocycles. The summed E-state index contributed by atoms with van der Waals surface area (Å²) in [5.41, 5.74) is 8.72. The Bertz CT molecular complexity index is 760. The van der Waals surface area contributed by atoms with Gasteiger partial charge in [0.15, 0.2) is 0 Å². The van der Waals surface area contributed by atoms with E-state index in [2.05, 4.69) is 11.2 Å². The zero-order valence-corrected chi connectivity index (χ0v) is 15.6. The number of rotatable bonds is 2. The topological polar surface area (TPSA) is 71.3 Å². The van der Waals surface area contributed by atoms with Crippen LogP contribution < -0.4 is 5.73 Å². The first-order valence-corrected chi connectivity index (χ1v) is 9.07. The molecule has 0 saturated heterocycles. The average molecular weight is 343 g/mol. The smallest absolute Gasteiger partial charge is 0.410 e. The number of nitrogens with zero attached hydrogens (tertiary/aromatic N) is 1. The van der Waals surface area contributed by atoms with Crippen molar-refractivity contribution in [2.75, 3.05) is 12.8 Å². The van der Waals surface area contributed by atoms with Gasteiger partial charge in [-0.25, -0.2) is 4.79 Å². The van der Waals surface area contributed by atoms with E-state index in [1.54, 1.807) is 4.90 Å². The lowest BCUT2D eigenvalue weighted by atomic mass is 9.81. The van der Waals surface area contributed by atoms with Crippen LogP contribution in [0, 0.1) is 0 Å². The summed E-state index contributed by atoms with van der Waals surface area (Å²) < 4.78 is 5.53. The Labute approximate surface area is 149 Å². The highest BCUT2D eigenvalue weighted by Crippen LogP contribution is 2.38. The van der Waals surface area contributed by atoms with Crippen LogP contribution >= 0.6 is 0 Å². The molecule has 0 bridgehead atoms. The molecule has 3 rings (SSSR count). The van der Waals surface area contributed by atoms with E-state index in [0.29, 0.717) is 5.92 Å². The molecule has 0 radical (unpaired) electrons. The maximum atomic E-state index is 12.4. The normalized spacial score (nSPS) is 21.3. The zero-order valence-electron chi connectivity index (χ0n) is 15.6. The Morgan fingerprint density at radius 3 is 2.80 bits per heavy atom. The van der Waals surface area contributed by atoms with Gasteiger partial charge in [-0.1, -0.05) is 6.42 Å². The summed E-state index contributed by atoms with van der Waals surface area (Å²) in [6.45, 7) is 5.70. The standard InChI is InChI=1S/C20H29N3O2/c1-20(2,3)25-19(24)23(4)15-7-5-6-13(10-15)17-12-22-18-9-8-14(21)11-16(17)18/h8-9,11-13,15,22H,5-7,10,21H2,1-4H3/t13-,15+/m0/s1. The van der Waals surface area contributed by atoms with Crippen molar-refractivity contribution < 1.29 is 9.53 Å². The second-order valence-corrected chi connectivity index (χ2v) is 8.16. The fourth-order valence-corrected chi connectivity index (χ4v) is 3.78. The van der Waals surface area contributed by atoms with E-state index >= 15 is 0 Å². The van der Waals surface area contributed by atoms with Crippen LogP contribution in [0.4, 0.5) is 10.5 Å². The van der Waals surface area contributed by atoms with Crippen molar-refractivity contribution in [1.29, 1.82) is 0 Å². The molecule has 1 aliphatic carbocycles. The molecule has 0 aliphatic heterocycles. The van der Waals surface area contributed by atoms with Crippen molar-refractivity contribution in [2.45, 2.75) is 64.0 Å². The maximum Gasteiger partial charge on any atom is 0.410 e. The molecule has 1 aliphatic rings. The van der Waals surface area contributed by atoms with Gasteiger partial charge in [-0.05, 0) is 69.7 Å². The number of carbonyl (C=O) groups excluding carboxylic acids is 1. The first-order valence-electron chi connectivity index (χ1n) is 9.07. The van der Waals surface area contributed by atoms with Gasteiger partial charge in [0, 0.05) is 35.9 Å². The van der Waals surface area contributed by atoms with E-state index in [1.807, 2.05) is 46.0 Å². The summed E-state index contributed by atoms with van der Waals surface area (Å²) in [5.74, 6) is 0.430. The van der Waals surface area contributed by atoms with E-state index in [-0.39, 0.29) is 12.1 Å². The van der Waals surface area contributed by atoms with Crippen LogP contribution in [0.5, 0.6) is 0 Å². The molecule has 1 amide bonds. The number of benzene rings is 1. The van der Waals surface area contributed by atoms with Crippen LogP contribution in [0.3, 0.4) is 0 Å². The Morgan fingerprint density at radius 2 is 2.08 bits per heavy atom. The van der Waals surface area contributed by atoms with Gasteiger partial charge in [0.2, 0.25) is 0 Å². The number of fused-ring (bicyclic) bond motifs is 1. The van der Waals surface area contributed by atoms with Gasteiger partial charge >= 0.3 is 6.09 Å². The fourth-order valence-electron chi connectivity index (χ4n) is 3.78. The Hall–Kier alpha value is -2.17. The fraction of sp³-hybridized carbons (Fsp3) is 0.550. The molecule has 2 atom stereocenters. The van der Waals surface area contributed by atoms with Crippen molar-refractivity contribution in [1.82, 2.24) is 9.88 Å². The van der Waals surface area contributed by atoms with Crippen molar-refractivity contribution in [2.24, 2.45) is 0 Å². The molecule has 2 aromatic rings. The number of ether oxygens (including phenoxy) is 1. The van der Waals surface area contributed by atoms with E-state index in [4.69, 9.17) is 10.5 Å². The van der Waals surface area contributed by atoms with Gasteiger partial charge < -0.3 is 20.4 Å². The lowest BCUT2D eigenvalue weighted by Crippen LogP contribution is -2.42. The van der Waals surface area contributed by atoms with Crippen molar-refractivity contribution in [3.05, 3.63) is 30.0 Å². The molecule has 25 heavy (non-hydrogen) atoms. The van der Waals surface area contributed by atoms with Crippen LogP contribution in [0.2, 0.25) is 0 Å². The van der Waals surface area contributed by atoms with Gasteiger partial charge in [-0.2, -0.15) is 0 Å². The molecule has 1 fully saturated rings. The highest BCUT2D eigenvalue weighted by atomic mass is 16.6. The van der Waals surface area contributed by atoms with Gasteiger partial charge in [0.25, 0.3) is 0 Å². The van der Waals surface area contributed by atoms with Crippen LogP contribution in [0.15, 0.2) is 24.4 Å². The highest BCUT2D eigenvalue weighted by molar-refractivity contribution is 5.86. The molecular weight excluding hydrogens is 314 g/mol. The van der Waals surface area contributed by atoms with Gasteiger partial charge in [0.1, 0.15) is 5.60 Å². The van der Waals surface area contributed by atoms with E-state index < -0.39 is 5.60 Å². The molecule has 0 unspecified atom stereocenters. The molecule has 1 heterocycles. The Balaban J connectivity index is 1.76. The molecule has 136 valence electrons. The lowest BCUT2D eigenvalue weighted by molar-refractivity contribution is 0.0180. The third-order valence-electron chi connectivity index (χ3n) is 5.05. The van der Waals surface area contributed by atoms with Crippen LogP contribution in [-0.2, 0) is 4.74 Å². The molecule has 5 heteroatoms. The lowest BCUT2D eigenvalue weighted by Gasteiger charge is -2.36. The van der Waals surface area contributed by atoms with Crippen molar-refractivity contribution in [3.63, 3.8) is 0 Å². The average Bonchev–Trinajstić information content (AvgIpc) is 2.95. The summed E-state index contributed by atoms with van der Waals surface area (Å²) >= 11 is 0. The van der Waals surface area contributed by atoms with E-state index in [0.717, 1.165) is 36.9 Å². The number of aromatic nitrogens is 1.